The summed E-state index contributed by atoms with van der Waals surface area (Å²) in [4.78, 5) is 18.9. The van der Waals surface area contributed by atoms with Crippen molar-refractivity contribution in [1.82, 2.24) is 4.98 Å². The molecule has 1 saturated carbocycles. The summed E-state index contributed by atoms with van der Waals surface area (Å²) < 4.78 is 62.8. The largest absolute Gasteiger partial charge is 0.489 e. The van der Waals surface area contributed by atoms with Crippen LogP contribution in [-0.4, -0.2) is 29.8 Å². The lowest BCUT2D eigenvalue weighted by Gasteiger charge is -2.17. The minimum absolute atomic E-state index is 0.0188. The molecule has 0 radical (unpaired) electrons. The van der Waals surface area contributed by atoms with Gasteiger partial charge >= 0.3 is 6.61 Å². The summed E-state index contributed by atoms with van der Waals surface area (Å²) in [5.74, 6) is -0.691. The molecule has 2 aliphatic rings. The molecule has 0 unspecified atom stereocenters. The molecule has 1 aliphatic heterocycles. The number of carbonyl (C=O) groups excluding carboxylic acids is 1. The smallest absolute Gasteiger partial charge is 0.387 e. The average Bonchev–Trinajstić information content (AvgIpc) is 3.44. The number of hydrogen-bond acceptors (Lipinski definition) is 4. The molecule has 1 amide bonds. The SMILES string of the molecule is O=C1c2ccnc(-c3ccc(F)cc3OCC3(F)CC3)c2CN1c1ccc(OC(F)F)cc1. The van der Waals surface area contributed by atoms with E-state index in [0.29, 0.717) is 40.9 Å². The molecule has 3 aromatic rings. The molecule has 5 rings (SSSR count). The van der Waals surface area contributed by atoms with Crippen molar-refractivity contribution >= 4 is 11.6 Å². The van der Waals surface area contributed by atoms with Crippen molar-refractivity contribution in [3.05, 3.63) is 71.7 Å². The molecular formula is C24H18F4N2O3. The van der Waals surface area contributed by atoms with Crippen LogP contribution in [0.2, 0.25) is 0 Å². The molecule has 170 valence electrons. The molecule has 1 fully saturated rings. The molecule has 2 aromatic carbocycles. The molecule has 1 aromatic heterocycles. The Kier molecular flexibility index (Phi) is 5.19. The van der Waals surface area contributed by atoms with E-state index in [2.05, 4.69) is 9.72 Å². The predicted molar refractivity (Wildman–Crippen MR) is 112 cm³/mol. The molecule has 2 heterocycles. The number of pyridine rings is 1. The minimum atomic E-state index is -2.94. The second-order valence-corrected chi connectivity index (χ2v) is 8.03. The first-order valence-electron chi connectivity index (χ1n) is 10.3. The van der Waals surface area contributed by atoms with E-state index in [-0.39, 0.29) is 30.6 Å². The van der Waals surface area contributed by atoms with E-state index in [1.165, 1.54) is 53.6 Å². The van der Waals surface area contributed by atoms with Crippen LogP contribution in [0.4, 0.5) is 23.2 Å². The normalized spacial score (nSPS) is 16.2. The van der Waals surface area contributed by atoms with Gasteiger partial charge in [-0.25, -0.2) is 8.78 Å². The summed E-state index contributed by atoms with van der Waals surface area (Å²) in [6.45, 7) is -2.96. The Labute approximate surface area is 186 Å². The maximum Gasteiger partial charge on any atom is 0.387 e. The minimum Gasteiger partial charge on any atom is -0.489 e. The maximum absolute atomic E-state index is 14.1. The number of amides is 1. The lowest BCUT2D eigenvalue weighted by Crippen LogP contribution is -2.22. The fourth-order valence-electron chi connectivity index (χ4n) is 3.77. The number of rotatable bonds is 7. The third-order valence-corrected chi connectivity index (χ3v) is 5.70. The van der Waals surface area contributed by atoms with Crippen LogP contribution in [0.1, 0.15) is 28.8 Å². The Morgan fingerprint density at radius 1 is 1.06 bits per heavy atom. The first kappa shape index (κ1) is 21.2. The highest BCUT2D eigenvalue weighted by Crippen LogP contribution is 2.42. The number of ether oxygens (including phenoxy) is 2. The van der Waals surface area contributed by atoms with Crippen LogP contribution in [-0.2, 0) is 6.54 Å². The highest BCUT2D eigenvalue weighted by Gasteiger charge is 2.44. The number of carbonyl (C=O) groups is 1. The molecule has 1 aliphatic carbocycles. The number of alkyl halides is 3. The van der Waals surface area contributed by atoms with Gasteiger partial charge in [-0.1, -0.05) is 0 Å². The van der Waals surface area contributed by atoms with Crippen LogP contribution >= 0.6 is 0 Å². The predicted octanol–water partition coefficient (Wildman–Crippen LogP) is 5.53. The van der Waals surface area contributed by atoms with E-state index in [1.54, 1.807) is 6.07 Å². The number of halogens is 4. The molecule has 0 bridgehead atoms. The highest BCUT2D eigenvalue weighted by molar-refractivity contribution is 6.11. The number of fused-ring (bicyclic) bond motifs is 1. The summed E-state index contributed by atoms with van der Waals surface area (Å²) in [6.07, 6.45) is 2.28. The zero-order chi connectivity index (χ0) is 23.2. The first-order chi connectivity index (χ1) is 15.8. The van der Waals surface area contributed by atoms with E-state index in [0.717, 1.165) is 0 Å². The monoisotopic (exact) mass is 458 g/mol. The number of nitrogens with zero attached hydrogens (tertiary/aromatic N) is 2. The van der Waals surface area contributed by atoms with Crippen LogP contribution in [0.3, 0.4) is 0 Å². The maximum atomic E-state index is 14.1. The summed E-state index contributed by atoms with van der Waals surface area (Å²) in [5.41, 5.74) is 1.00. The molecule has 0 spiro atoms. The quantitative estimate of drug-likeness (QED) is 0.437. The highest BCUT2D eigenvalue weighted by atomic mass is 19.3. The van der Waals surface area contributed by atoms with Crippen LogP contribution in [0, 0.1) is 5.82 Å². The van der Waals surface area contributed by atoms with Crippen LogP contribution in [0.25, 0.3) is 11.3 Å². The third-order valence-electron chi connectivity index (χ3n) is 5.70. The molecule has 0 saturated heterocycles. The van der Waals surface area contributed by atoms with Gasteiger partial charge in [0.2, 0.25) is 0 Å². The van der Waals surface area contributed by atoms with Crippen molar-refractivity contribution in [3.63, 3.8) is 0 Å². The van der Waals surface area contributed by atoms with Gasteiger partial charge in [0.1, 0.15) is 29.6 Å². The first-order valence-corrected chi connectivity index (χ1v) is 10.3. The number of aromatic nitrogens is 1. The van der Waals surface area contributed by atoms with Gasteiger partial charge in [0, 0.05) is 34.6 Å². The van der Waals surface area contributed by atoms with Crippen LogP contribution < -0.4 is 14.4 Å². The van der Waals surface area contributed by atoms with Crippen molar-refractivity contribution in [2.24, 2.45) is 0 Å². The molecule has 0 N–H and O–H groups in total. The number of anilines is 1. The fourth-order valence-corrected chi connectivity index (χ4v) is 3.77. The lowest BCUT2D eigenvalue weighted by molar-refractivity contribution is -0.0498. The second-order valence-electron chi connectivity index (χ2n) is 8.03. The summed E-state index contributed by atoms with van der Waals surface area (Å²) in [5, 5.41) is 0. The van der Waals surface area contributed by atoms with Crippen molar-refractivity contribution < 1.29 is 31.8 Å². The Balaban J connectivity index is 1.46. The van der Waals surface area contributed by atoms with Gasteiger partial charge in [-0.2, -0.15) is 8.78 Å². The van der Waals surface area contributed by atoms with Crippen LogP contribution in [0.5, 0.6) is 11.5 Å². The van der Waals surface area contributed by atoms with Crippen molar-refractivity contribution in [3.8, 4) is 22.8 Å². The van der Waals surface area contributed by atoms with E-state index < -0.39 is 18.1 Å². The number of hydrogen-bond donors (Lipinski definition) is 0. The van der Waals surface area contributed by atoms with E-state index in [1.807, 2.05) is 0 Å². The van der Waals surface area contributed by atoms with Gasteiger partial charge < -0.3 is 14.4 Å². The molecule has 9 heteroatoms. The van der Waals surface area contributed by atoms with E-state index in [9.17, 15) is 22.4 Å². The Bertz CT molecular complexity index is 1210. The van der Waals surface area contributed by atoms with Crippen molar-refractivity contribution in [2.45, 2.75) is 31.7 Å². The van der Waals surface area contributed by atoms with E-state index >= 15 is 0 Å². The molecule has 5 nitrogen and oxygen atoms in total. The van der Waals surface area contributed by atoms with Gasteiger partial charge in [-0.05, 0) is 55.3 Å². The number of benzene rings is 2. The summed E-state index contributed by atoms with van der Waals surface area (Å²) in [7, 11) is 0. The topological polar surface area (TPSA) is 51.7 Å². The molecular weight excluding hydrogens is 440 g/mol. The zero-order valence-electron chi connectivity index (χ0n) is 17.2. The second kappa shape index (κ2) is 8.06. The summed E-state index contributed by atoms with van der Waals surface area (Å²) >= 11 is 0. The molecule has 33 heavy (non-hydrogen) atoms. The third kappa shape index (κ3) is 4.22. The fraction of sp³-hybridized carbons (Fsp3) is 0.250. The van der Waals surface area contributed by atoms with Crippen LogP contribution in [0.15, 0.2) is 54.7 Å². The average molecular weight is 458 g/mol. The van der Waals surface area contributed by atoms with Gasteiger partial charge in [0.25, 0.3) is 5.91 Å². The Morgan fingerprint density at radius 3 is 2.52 bits per heavy atom. The zero-order valence-corrected chi connectivity index (χ0v) is 17.2. The Morgan fingerprint density at radius 2 is 1.82 bits per heavy atom. The lowest BCUT2D eigenvalue weighted by atomic mass is 10.0. The Hall–Kier alpha value is -3.62. The molecule has 0 atom stereocenters. The van der Waals surface area contributed by atoms with Crippen molar-refractivity contribution in [2.75, 3.05) is 11.5 Å². The van der Waals surface area contributed by atoms with Gasteiger partial charge in [-0.3, -0.25) is 9.78 Å². The van der Waals surface area contributed by atoms with Crippen molar-refractivity contribution in [1.29, 1.82) is 0 Å². The summed E-state index contributed by atoms with van der Waals surface area (Å²) in [6, 6.07) is 11.2. The standard InChI is InChI=1S/C24H18F4N2O3/c25-14-1-6-18(20(11-14)32-13-24(28)8-9-24)21-19-12-30(22(31)17(19)7-10-29-21)15-2-4-16(5-3-15)33-23(26)27/h1-7,10-11,23H,8-9,12-13H2. The van der Waals surface area contributed by atoms with Gasteiger partial charge in [0.05, 0.1) is 12.2 Å². The van der Waals surface area contributed by atoms with Gasteiger partial charge in [-0.15, -0.1) is 0 Å². The van der Waals surface area contributed by atoms with Gasteiger partial charge in [0.15, 0.2) is 0 Å². The van der Waals surface area contributed by atoms with E-state index in [4.69, 9.17) is 4.74 Å².